The normalized spacial score (nSPS) is 13.4. The number of hydrogen-bond donors (Lipinski definition) is 4. The van der Waals surface area contributed by atoms with Crippen LogP contribution in [0.4, 0.5) is 10.5 Å². The number of amides is 2. The third-order valence-electron chi connectivity index (χ3n) is 4.15. The number of nitrogens with one attached hydrogen (secondary N) is 3. The topological polar surface area (TPSA) is 77.2 Å². The number of rotatable bonds is 5. The van der Waals surface area contributed by atoms with E-state index in [2.05, 4.69) is 15.6 Å². The van der Waals surface area contributed by atoms with Gasteiger partial charge in [0.1, 0.15) is 0 Å². The lowest BCUT2D eigenvalue weighted by atomic mass is 10.0. The van der Waals surface area contributed by atoms with E-state index in [0.717, 1.165) is 27.8 Å². The highest BCUT2D eigenvalue weighted by atomic mass is 16.3. The molecule has 2 amide bonds. The fraction of sp³-hybridized carbons (Fsp3) is 0.250. The number of anilines is 1. The van der Waals surface area contributed by atoms with Crippen molar-refractivity contribution >= 4 is 22.6 Å². The van der Waals surface area contributed by atoms with Gasteiger partial charge in [-0.25, -0.2) is 4.79 Å². The average molecular weight is 337 g/mol. The summed E-state index contributed by atoms with van der Waals surface area (Å²) in [7, 11) is 0. The summed E-state index contributed by atoms with van der Waals surface area (Å²) < 4.78 is 0. The van der Waals surface area contributed by atoms with Crippen LogP contribution in [0.3, 0.4) is 0 Å². The Labute approximate surface area is 147 Å². The van der Waals surface area contributed by atoms with Crippen LogP contribution in [0.5, 0.6) is 0 Å². The zero-order valence-electron chi connectivity index (χ0n) is 14.4. The highest BCUT2D eigenvalue weighted by Crippen LogP contribution is 2.20. The molecule has 3 rings (SSSR count). The van der Waals surface area contributed by atoms with Crippen LogP contribution in [0.2, 0.25) is 0 Å². The molecule has 0 radical (unpaired) electrons. The molecule has 5 nitrogen and oxygen atoms in total. The fourth-order valence-electron chi connectivity index (χ4n) is 2.95. The molecule has 1 aromatic heterocycles. The highest BCUT2D eigenvalue weighted by molar-refractivity contribution is 5.93. The molecule has 4 N–H and O–H groups in total. The smallest absolute Gasteiger partial charge is 0.319 e. The van der Waals surface area contributed by atoms with E-state index < -0.39 is 6.10 Å². The molecule has 2 aromatic carbocycles. The quantitative estimate of drug-likeness (QED) is 0.565. The van der Waals surface area contributed by atoms with Crippen LogP contribution in [-0.2, 0) is 0 Å². The van der Waals surface area contributed by atoms with Crippen molar-refractivity contribution in [2.24, 2.45) is 0 Å². The average Bonchev–Trinajstić information content (AvgIpc) is 2.94. The van der Waals surface area contributed by atoms with Crippen LogP contribution in [0.25, 0.3) is 10.9 Å². The first-order valence-electron chi connectivity index (χ1n) is 8.41. The Morgan fingerprint density at radius 1 is 1.16 bits per heavy atom. The van der Waals surface area contributed by atoms with E-state index in [-0.39, 0.29) is 12.1 Å². The van der Waals surface area contributed by atoms with E-state index in [1.54, 1.807) is 0 Å². The van der Waals surface area contributed by atoms with Crippen LogP contribution in [0.15, 0.2) is 54.6 Å². The van der Waals surface area contributed by atoms with E-state index >= 15 is 0 Å². The number of benzene rings is 2. The second kappa shape index (κ2) is 7.40. The number of aromatic nitrogens is 1. The number of H-pyrrole nitrogens is 1. The number of aryl methyl sites for hydroxylation is 1. The molecule has 0 aliphatic carbocycles. The molecule has 1 heterocycles. The van der Waals surface area contributed by atoms with Gasteiger partial charge in [-0.15, -0.1) is 0 Å². The number of carbonyl (C=O) groups excluding carboxylic acids is 1. The van der Waals surface area contributed by atoms with Crippen LogP contribution in [0.1, 0.15) is 30.7 Å². The van der Waals surface area contributed by atoms with Gasteiger partial charge in [-0.2, -0.15) is 0 Å². The number of urea groups is 1. The van der Waals surface area contributed by atoms with E-state index in [1.807, 2.05) is 68.4 Å². The minimum atomic E-state index is -0.601. The third kappa shape index (κ3) is 4.39. The largest absolute Gasteiger partial charge is 0.388 e. The molecule has 0 bridgehead atoms. The van der Waals surface area contributed by atoms with Crippen molar-refractivity contribution in [1.29, 1.82) is 0 Å². The molecule has 2 atom stereocenters. The lowest BCUT2D eigenvalue weighted by Gasteiger charge is -2.18. The van der Waals surface area contributed by atoms with Crippen LogP contribution in [-0.4, -0.2) is 22.2 Å². The van der Waals surface area contributed by atoms with Gasteiger partial charge in [0.05, 0.1) is 6.10 Å². The number of carbonyl (C=O) groups is 1. The summed E-state index contributed by atoms with van der Waals surface area (Å²) in [6, 6.07) is 16.8. The number of aliphatic hydroxyl groups excluding tert-OH is 1. The molecule has 25 heavy (non-hydrogen) atoms. The Balaban J connectivity index is 1.55. The number of aliphatic hydroxyl groups is 1. The van der Waals surface area contributed by atoms with E-state index in [1.165, 1.54) is 0 Å². The molecule has 0 fully saturated rings. The van der Waals surface area contributed by atoms with E-state index in [9.17, 15) is 9.90 Å². The van der Waals surface area contributed by atoms with Gasteiger partial charge >= 0.3 is 6.03 Å². The predicted octanol–water partition coefficient (Wildman–Crippen LogP) is 4.11. The first kappa shape index (κ1) is 17.0. The molecular formula is C20H23N3O2. The second-order valence-electron chi connectivity index (χ2n) is 6.42. The summed E-state index contributed by atoms with van der Waals surface area (Å²) in [5.41, 5.74) is 3.72. The van der Waals surface area contributed by atoms with E-state index in [4.69, 9.17) is 0 Å². The number of hydrogen-bond acceptors (Lipinski definition) is 2. The highest BCUT2D eigenvalue weighted by Gasteiger charge is 2.14. The Bertz CT molecular complexity index is 858. The molecule has 0 spiro atoms. The Kier molecular flexibility index (Phi) is 5.05. The minimum absolute atomic E-state index is 0.159. The van der Waals surface area contributed by atoms with Crippen molar-refractivity contribution in [2.45, 2.75) is 32.4 Å². The molecule has 2 unspecified atom stereocenters. The maximum atomic E-state index is 12.2. The summed E-state index contributed by atoms with van der Waals surface area (Å²) in [4.78, 5) is 15.4. The second-order valence-corrected chi connectivity index (χ2v) is 6.42. The summed E-state index contributed by atoms with van der Waals surface area (Å²) >= 11 is 0. The van der Waals surface area contributed by atoms with Crippen LogP contribution < -0.4 is 10.6 Å². The molecule has 0 aliphatic rings. The predicted molar refractivity (Wildman–Crippen MR) is 101 cm³/mol. The van der Waals surface area contributed by atoms with Crippen molar-refractivity contribution in [2.75, 3.05) is 5.32 Å². The molecule has 0 saturated heterocycles. The molecule has 0 saturated carbocycles. The molecule has 130 valence electrons. The van der Waals surface area contributed by atoms with Gasteiger partial charge in [-0.05, 0) is 50.1 Å². The molecule has 0 aliphatic heterocycles. The van der Waals surface area contributed by atoms with Crippen molar-refractivity contribution in [1.82, 2.24) is 10.3 Å². The van der Waals surface area contributed by atoms with Crippen LogP contribution in [0, 0.1) is 6.92 Å². The van der Waals surface area contributed by atoms with Crippen molar-refractivity contribution in [3.8, 4) is 0 Å². The van der Waals surface area contributed by atoms with Gasteiger partial charge in [0.2, 0.25) is 0 Å². The van der Waals surface area contributed by atoms with Crippen molar-refractivity contribution < 1.29 is 9.90 Å². The zero-order valence-corrected chi connectivity index (χ0v) is 14.4. The van der Waals surface area contributed by atoms with Gasteiger partial charge < -0.3 is 20.7 Å². The van der Waals surface area contributed by atoms with E-state index in [0.29, 0.717) is 6.42 Å². The van der Waals surface area contributed by atoms with Gasteiger partial charge in [0.15, 0.2) is 0 Å². The molecular weight excluding hydrogens is 314 g/mol. The monoisotopic (exact) mass is 337 g/mol. The lowest BCUT2D eigenvalue weighted by Crippen LogP contribution is -2.37. The maximum Gasteiger partial charge on any atom is 0.319 e. The van der Waals surface area contributed by atoms with Gasteiger partial charge in [0.25, 0.3) is 0 Å². The first-order chi connectivity index (χ1) is 12.0. The fourth-order valence-corrected chi connectivity index (χ4v) is 2.95. The van der Waals surface area contributed by atoms with Crippen LogP contribution >= 0.6 is 0 Å². The molecule has 3 aromatic rings. The SMILES string of the molecule is Cc1cc2cc(NC(=O)NC(C)CC(O)c3ccccc3)ccc2[nH]1. The summed E-state index contributed by atoms with van der Waals surface area (Å²) in [6.45, 7) is 3.88. The Hall–Kier alpha value is -2.79. The molecule has 5 heteroatoms. The summed E-state index contributed by atoms with van der Waals surface area (Å²) in [6.07, 6.45) is -0.149. The number of fused-ring (bicyclic) bond motifs is 1. The third-order valence-corrected chi connectivity index (χ3v) is 4.15. The Morgan fingerprint density at radius 3 is 2.68 bits per heavy atom. The lowest BCUT2D eigenvalue weighted by molar-refractivity contribution is 0.155. The van der Waals surface area contributed by atoms with Crippen molar-refractivity contribution in [3.05, 3.63) is 65.9 Å². The zero-order chi connectivity index (χ0) is 17.8. The van der Waals surface area contributed by atoms with Crippen molar-refractivity contribution in [3.63, 3.8) is 0 Å². The summed E-state index contributed by atoms with van der Waals surface area (Å²) in [5.74, 6) is 0. The minimum Gasteiger partial charge on any atom is -0.388 e. The summed E-state index contributed by atoms with van der Waals surface area (Å²) in [5, 5.41) is 17.0. The maximum absolute atomic E-state index is 12.2. The van der Waals surface area contributed by atoms with Gasteiger partial charge in [-0.1, -0.05) is 30.3 Å². The van der Waals surface area contributed by atoms with Gasteiger partial charge in [-0.3, -0.25) is 0 Å². The van der Waals surface area contributed by atoms with Gasteiger partial charge in [0, 0.05) is 28.3 Å². The standard InChI is InChI=1S/C20H23N3O2/c1-13-10-16-12-17(8-9-18(16)21-13)23-20(25)22-14(2)11-19(24)15-6-4-3-5-7-15/h3-10,12,14,19,21,24H,11H2,1-2H3,(H2,22,23,25). The first-order valence-corrected chi connectivity index (χ1v) is 8.41. The Morgan fingerprint density at radius 2 is 1.92 bits per heavy atom. The number of aromatic amines is 1.